The first-order valence-corrected chi connectivity index (χ1v) is 18.7. The van der Waals surface area contributed by atoms with Crippen LogP contribution in [0.1, 0.15) is 72.8 Å². The summed E-state index contributed by atoms with van der Waals surface area (Å²) in [5, 5.41) is 6.59. The molecule has 2 rings (SSSR count). The largest absolute Gasteiger partial charge is 0.379 e. The van der Waals surface area contributed by atoms with Crippen LogP contribution < -0.4 is 16.4 Å². The number of rotatable bonds is 20. The molecular weight excluding hydrogens is 672 g/mol. The predicted octanol–water partition coefficient (Wildman–Crippen LogP) is 3.34. The topological polar surface area (TPSA) is 147 Å². The van der Waals surface area contributed by atoms with Gasteiger partial charge in [-0.15, -0.1) is 0 Å². The molecule has 1 aromatic carbocycles. The van der Waals surface area contributed by atoms with Crippen LogP contribution in [0.15, 0.2) is 24.3 Å². The van der Waals surface area contributed by atoms with E-state index < -0.39 is 42.3 Å². The summed E-state index contributed by atoms with van der Waals surface area (Å²) in [5.41, 5.74) is 7.26. The van der Waals surface area contributed by atoms with Gasteiger partial charge in [-0.3, -0.25) is 24.1 Å². The van der Waals surface area contributed by atoms with E-state index in [1.807, 2.05) is 82.8 Å². The van der Waals surface area contributed by atoms with Crippen LogP contribution in [0, 0.1) is 17.8 Å². The second kappa shape index (κ2) is 21.1. The maximum atomic E-state index is 14.1. The minimum atomic E-state index is -0.966. The van der Waals surface area contributed by atoms with Gasteiger partial charge in [-0.25, -0.2) is 0 Å². The van der Waals surface area contributed by atoms with Gasteiger partial charge in [0.15, 0.2) is 0 Å². The van der Waals surface area contributed by atoms with E-state index in [4.69, 9.17) is 26.8 Å². The van der Waals surface area contributed by atoms with Gasteiger partial charge >= 0.3 is 0 Å². The predicted molar refractivity (Wildman–Crippen MR) is 202 cm³/mol. The average molecular weight is 737 g/mol. The molecule has 4 amide bonds. The molecule has 1 fully saturated rings. The molecule has 13 heteroatoms. The number of halogens is 1. The van der Waals surface area contributed by atoms with E-state index in [1.165, 1.54) is 0 Å². The second-order valence-electron chi connectivity index (χ2n) is 14.7. The Kier molecular flexibility index (Phi) is 18.3. The lowest BCUT2D eigenvalue weighted by molar-refractivity contribution is -0.147. The van der Waals surface area contributed by atoms with E-state index in [1.54, 1.807) is 33.1 Å². The maximum Gasteiger partial charge on any atom is 0.246 e. The van der Waals surface area contributed by atoms with Crippen molar-refractivity contribution >= 4 is 35.2 Å². The van der Waals surface area contributed by atoms with E-state index in [2.05, 4.69) is 10.6 Å². The third-order valence-corrected chi connectivity index (χ3v) is 10.8. The first-order chi connectivity index (χ1) is 24.0. The molecule has 1 saturated heterocycles. The Balaban J connectivity index is 2.21. The summed E-state index contributed by atoms with van der Waals surface area (Å²) in [5.74, 6) is -1.43. The molecule has 9 atom stereocenters. The average Bonchev–Trinajstić information content (AvgIpc) is 3.56. The van der Waals surface area contributed by atoms with E-state index >= 15 is 0 Å². The Morgan fingerprint density at radius 2 is 1.67 bits per heavy atom. The van der Waals surface area contributed by atoms with E-state index in [9.17, 15) is 19.2 Å². The van der Waals surface area contributed by atoms with Gasteiger partial charge in [0.05, 0.1) is 42.7 Å². The molecule has 8 unspecified atom stereocenters. The highest BCUT2D eigenvalue weighted by molar-refractivity contribution is 6.31. The molecule has 51 heavy (non-hydrogen) atoms. The van der Waals surface area contributed by atoms with Crippen LogP contribution in [0.25, 0.3) is 0 Å². The third kappa shape index (κ3) is 11.9. The van der Waals surface area contributed by atoms with E-state index in [0.717, 1.165) is 18.4 Å². The molecule has 0 spiro atoms. The first-order valence-electron chi connectivity index (χ1n) is 18.4. The lowest BCUT2D eigenvalue weighted by atomic mass is 9.89. The number of ether oxygens (including phenoxy) is 2. The molecular formula is C38H65ClN6O6. The number of likely N-dealkylation sites (N-methyl/N-ethyl adjacent to an activating group) is 2. The van der Waals surface area contributed by atoms with Gasteiger partial charge in [0, 0.05) is 45.4 Å². The number of likely N-dealkylation sites (tertiary alicyclic amines) is 1. The van der Waals surface area contributed by atoms with Crippen molar-refractivity contribution in [2.75, 3.05) is 48.5 Å². The molecule has 0 radical (unpaired) electrons. The van der Waals surface area contributed by atoms with E-state index in [-0.39, 0.29) is 47.9 Å². The molecule has 1 aromatic rings. The van der Waals surface area contributed by atoms with Gasteiger partial charge < -0.3 is 35.6 Å². The quantitative estimate of drug-likeness (QED) is 0.185. The van der Waals surface area contributed by atoms with Gasteiger partial charge in [0.2, 0.25) is 23.6 Å². The van der Waals surface area contributed by atoms with Crippen LogP contribution in [0.2, 0.25) is 5.02 Å². The number of carbonyl (C=O) groups is 4. The van der Waals surface area contributed by atoms with Crippen LogP contribution in [0.3, 0.4) is 0 Å². The minimum absolute atomic E-state index is 0.0158. The highest BCUT2D eigenvalue weighted by atomic mass is 35.5. The number of hydrogen-bond donors (Lipinski definition) is 3. The van der Waals surface area contributed by atoms with Crippen LogP contribution in [0.4, 0.5) is 0 Å². The van der Waals surface area contributed by atoms with Crippen molar-refractivity contribution in [2.24, 2.45) is 23.5 Å². The molecule has 1 aliphatic heterocycles. The SMILES string of the molecule is CCC(C)C(C(CC(=O)N1CCC[C@H]1C(OC)C(C)C(=O)NCCc1ccccc1Cl)OC)N(C)C(=O)C(NC(=O)C(C(C)C)N(C)C)C(C)N. The molecule has 0 aliphatic carbocycles. The van der Waals surface area contributed by atoms with Crippen molar-refractivity contribution in [3.8, 4) is 0 Å². The molecule has 0 bridgehead atoms. The smallest absolute Gasteiger partial charge is 0.246 e. The zero-order valence-corrected chi connectivity index (χ0v) is 33.5. The highest BCUT2D eigenvalue weighted by Crippen LogP contribution is 2.29. The fourth-order valence-electron chi connectivity index (χ4n) is 7.50. The zero-order valence-electron chi connectivity index (χ0n) is 32.8. The number of nitrogens with two attached hydrogens (primary N) is 1. The molecule has 1 aliphatic rings. The number of methoxy groups -OCH3 is 2. The number of nitrogens with one attached hydrogen (secondary N) is 2. The number of benzene rings is 1. The second-order valence-corrected chi connectivity index (χ2v) is 15.1. The Labute approximate surface area is 311 Å². The number of nitrogens with zero attached hydrogens (tertiary/aromatic N) is 3. The van der Waals surface area contributed by atoms with Crippen molar-refractivity contribution in [3.63, 3.8) is 0 Å². The molecule has 4 N–H and O–H groups in total. The third-order valence-electron chi connectivity index (χ3n) is 10.5. The first kappa shape index (κ1) is 44.4. The summed E-state index contributed by atoms with van der Waals surface area (Å²) < 4.78 is 11.9. The van der Waals surface area contributed by atoms with Crippen molar-refractivity contribution in [1.29, 1.82) is 0 Å². The molecule has 0 saturated carbocycles. The van der Waals surface area contributed by atoms with Crippen LogP contribution in [0.5, 0.6) is 0 Å². The summed E-state index contributed by atoms with van der Waals surface area (Å²) in [4.78, 5) is 60.0. The summed E-state index contributed by atoms with van der Waals surface area (Å²) >= 11 is 6.28. The van der Waals surface area contributed by atoms with Gasteiger partial charge in [-0.1, -0.05) is 70.8 Å². The maximum absolute atomic E-state index is 14.1. The molecule has 1 heterocycles. The van der Waals surface area contributed by atoms with Gasteiger partial charge in [0.25, 0.3) is 0 Å². The van der Waals surface area contributed by atoms with Crippen molar-refractivity contribution < 1.29 is 28.7 Å². The lowest BCUT2D eigenvalue weighted by Gasteiger charge is -2.41. The van der Waals surface area contributed by atoms with E-state index in [0.29, 0.717) is 31.0 Å². The minimum Gasteiger partial charge on any atom is -0.379 e. The zero-order chi connectivity index (χ0) is 38.6. The lowest BCUT2D eigenvalue weighted by Crippen LogP contribution is -2.62. The monoisotopic (exact) mass is 736 g/mol. The normalized spacial score (nSPS) is 19.5. The number of amides is 4. The fourth-order valence-corrected chi connectivity index (χ4v) is 7.73. The van der Waals surface area contributed by atoms with Crippen LogP contribution >= 0.6 is 11.6 Å². The number of hydrogen-bond acceptors (Lipinski definition) is 8. The Bertz CT molecular complexity index is 1270. The van der Waals surface area contributed by atoms with Gasteiger partial charge in [0.1, 0.15) is 6.04 Å². The standard InChI is InChI=1S/C38H65ClN6O6/c1-12-24(4)34(44(9)38(49)32(26(6)40)42-37(48)33(23(2)3)43(7)8)30(50-10)22-31(46)45-21-15-18-29(45)35(51-11)25(5)36(47)41-20-19-27-16-13-14-17-28(27)39/h13-14,16-17,23-26,29-30,32-35H,12,15,18-22,40H2,1-11H3,(H,41,47)(H,42,48)/t24?,25?,26?,29-,30?,32?,33?,34?,35?/m0/s1. The van der Waals surface area contributed by atoms with Gasteiger partial charge in [-0.05, 0) is 63.7 Å². The van der Waals surface area contributed by atoms with Crippen molar-refractivity contribution in [3.05, 3.63) is 34.9 Å². The Morgan fingerprint density at radius 3 is 2.20 bits per heavy atom. The summed E-state index contributed by atoms with van der Waals surface area (Å²) in [7, 11) is 8.48. The summed E-state index contributed by atoms with van der Waals surface area (Å²) in [6.45, 7) is 12.5. The molecule has 0 aromatic heterocycles. The van der Waals surface area contributed by atoms with Crippen molar-refractivity contribution in [2.45, 2.75) is 116 Å². The molecule has 12 nitrogen and oxygen atoms in total. The summed E-state index contributed by atoms with van der Waals surface area (Å²) in [6, 6.07) is 4.71. The fraction of sp³-hybridized carbons (Fsp3) is 0.737. The Morgan fingerprint density at radius 1 is 1.02 bits per heavy atom. The summed E-state index contributed by atoms with van der Waals surface area (Å²) in [6.07, 6.45) is 1.68. The Hall–Kier alpha value is -2.77. The van der Waals surface area contributed by atoms with Gasteiger partial charge in [-0.2, -0.15) is 0 Å². The van der Waals surface area contributed by atoms with Crippen LogP contribution in [-0.4, -0.2) is 129 Å². The number of carbonyl (C=O) groups excluding carboxylic acids is 4. The van der Waals surface area contributed by atoms with Crippen LogP contribution in [-0.2, 0) is 35.1 Å². The highest BCUT2D eigenvalue weighted by Gasteiger charge is 2.43. The van der Waals surface area contributed by atoms with Crippen molar-refractivity contribution in [1.82, 2.24) is 25.3 Å². The molecule has 290 valence electrons.